The highest BCUT2D eigenvalue weighted by Crippen LogP contribution is 2.26. The van der Waals surface area contributed by atoms with Gasteiger partial charge in [0.15, 0.2) is 5.78 Å². The highest BCUT2D eigenvalue weighted by atomic mass is 19.1. The summed E-state index contributed by atoms with van der Waals surface area (Å²) in [6.45, 7) is 6.65. The van der Waals surface area contributed by atoms with Gasteiger partial charge in [0.2, 0.25) is 5.91 Å². The minimum Gasteiger partial charge on any atom is -0.373 e. The van der Waals surface area contributed by atoms with Crippen LogP contribution in [0.4, 0.5) is 10.1 Å². The van der Waals surface area contributed by atoms with Gasteiger partial charge in [0.05, 0.1) is 18.5 Å². The Bertz CT molecular complexity index is 1150. The first-order valence-electron chi connectivity index (χ1n) is 14.1. The van der Waals surface area contributed by atoms with Gasteiger partial charge in [-0.05, 0) is 61.1 Å². The molecule has 1 fully saturated rings. The summed E-state index contributed by atoms with van der Waals surface area (Å²) in [5.41, 5.74) is 2.74. The Morgan fingerprint density at radius 1 is 1.00 bits per heavy atom. The van der Waals surface area contributed by atoms with Crippen molar-refractivity contribution in [3.05, 3.63) is 65.5 Å². The third-order valence-electron chi connectivity index (χ3n) is 7.87. The van der Waals surface area contributed by atoms with E-state index in [0.29, 0.717) is 31.4 Å². The molecule has 39 heavy (non-hydrogen) atoms. The molecule has 2 aliphatic rings. The van der Waals surface area contributed by atoms with Crippen molar-refractivity contribution in [1.82, 2.24) is 15.5 Å². The molecule has 3 atom stereocenters. The van der Waals surface area contributed by atoms with Gasteiger partial charge in [-0.1, -0.05) is 44.9 Å². The zero-order valence-corrected chi connectivity index (χ0v) is 23.3. The summed E-state index contributed by atoms with van der Waals surface area (Å²) in [5.74, 6) is -1.07. The number of halogens is 1. The zero-order valence-electron chi connectivity index (χ0n) is 23.3. The van der Waals surface area contributed by atoms with Crippen LogP contribution in [0.5, 0.6) is 0 Å². The molecule has 0 spiro atoms. The van der Waals surface area contributed by atoms with Crippen LogP contribution >= 0.6 is 0 Å². The maximum atomic E-state index is 13.6. The second-order valence-corrected chi connectivity index (χ2v) is 11.4. The van der Waals surface area contributed by atoms with E-state index in [1.54, 1.807) is 0 Å². The Morgan fingerprint density at radius 3 is 2.46 bits per heavy atom. The summed E-state index contributed by atoms with van der Waals surface area (Å²) in [6.07, 6.45) is 3.71. The first kappa shape index (κ1) is 28.7. The van der Waals surface area contributed by atoms with Gasteiger partial charge in [-0.2, -0.15) is 0 Å². The average Bonchev–Trinajstić information content (AvgIpc) is 3.07. The fraction of sp³-hybridized carbons (Fsp3) is 0.516. The van der Waals surface area contributed by atoms with Crippen molar-refractivity contribution >= 4 is 23.3 Å². The fourth-order valence-electron chi connectivity index (χ4n) is 5.71. The molecule has 210 valence electrons. The SMILES string of the molecule is CC(C)CC(NC(=O)[C@@H]1CCCC[C@@H]1NC(=O)c1ccc(F)cc1)C(=O)CN1CCN(C)c2ccccc2C1. The standard InChI is InChI=1S/C31H41FN4O3/c1-21(2)18-27(29(37)20-36-17-16-35(3)28-11-7-4-8-23(28)19-36)34-31(39)25-9-5-6-10-26(25)33-30(38)22-12-14-24(32)15-13-22/h4,7-8,11-15,21,25-27H,5-6,9-10,16-20H2,1-3H3,(H,33,38)(H,34,39)/t25-,26+,27?/m1/s1. The second-order valence-electron chi connectivity index (χ2n) is 11.4. The largest absolute Gasteiger partial charge is 0.373 e. The number of amides is 2. The minimum atomic E-state index is -0.580. The summed E-state index contributed by atoms with van der Waals surface area (Å²) in [7, 11) is 2.07. The van der Waals surface area contributed by atoms with Gasteiger partial charge in [0.25, 0.3) is 5.91 Å². The molecule has 0 aromatic heterocycles. The van der Waals surface area contributed by atoms with Crippen molar-refractivity contribution in [1.29, 1.82) is 0 Å². The Kier molecular flexibility index (Phi) is 9.73. The van der Waals surface area contributed by atoms with E-state index >= 15 is 0 Å². The van der Waals surface area contributed by atoms with Crippen molar-refractivity contribution < 1.29 is 18.8 Å². The first-order chi connectivity index (χ1) is 18.7. The lowest BCUT2D eigenvalue weighted by molar-refractivity contribution is -0.132. The Hall–Kier alpha value is -3.26. The molecule has 1 heterocycles. The van der Waals surface area contributed by atoms with E-state index in [-0.39, 0.29) is 36.1 Å². The Labute approximate surface area is 231 Å². The van der Waals surface area contributed by atoms with E-state index in [1.807, 2.05) is 12.1 Å². The number of carbonyl (C=O) groups excluding carboxylic acids is 3. The Morgan fingerprint density at radius 2 is 1.72 bits per heavy atom. The van der Waals surface area contributed by atoms with E-state index in [2.05, 4.69) is 53.5 Å². The van der Waals surface area contributed by atoms with Gasteiger partial charge in [0, 0.05) is 44.0 Å². The lowest BCUT2D eigenvalue weighted by Crippen LogP contribution is -2.53. The summed E-state index contributed by atoms with van der Waals surface area (Å²) in [6, 6.07) is 12.8. The van der Waals surface area contributed by atoms with E-state index in [0.717, 1.165) is 25.9 Å². The average molecular weight is 537 g/mol. The second kappa shape index (κ2) is 13.2. The van der Waals surface area contributed by atoms with Crippen molar-refractivity contribution in [2.24, 2.45) is 11.8 Å². The highest BCUT2D eigenvalue weighted by Gasteiger charge is 2.35. The molecule has 0 bridgehead atoms. The number of fused-ring (bicyclic) bond motifs is 1. The number of hydrogen-bond donors (Lipinski definition) is 2. The number of hydrogen-bond acceptors (Lipinski definition) is 5. The molecule has 7 nitrogen and oxygen atoms in total. The molecule has 1 aliphatic heterocycles. The van der Waals surface area contributed by atoms with E-state index < -0.39 is 17.8 Å². The molecule has 2 aromatic carbocycles. The van der Waals surface area contributed by atoms with Gasteiger partial charge >= 0.3 is 0 Å². The van der Waals surface area contributed by atoms with Crippen molar-refractivity contribution in [2.75, 3.05) is 31.6 Å². The molecular weight excluding hydrogens is 495 g/mol. The number of Topliss-reactive ketones (excluding diaryl/α,β-unsaturated/α-hetero) is 1. The smallest absolute Gasteiger partial charge is 0.251 e. The van der Waals surface area contributed by atoms with Gasteiger partial charge < -0.3 is 15.5 Å². The summed E-state index contributed by atoms with van der Waals surface area (Å²) < 4.78 is 13.3. The third kappa shape index (κ3) is 7.66. The molecule has 2 N–H and O–H groups in total. The topological polar surface area (TPSA) is 81.8 Å². The van der Waals surface area contributed by atoms with E-state index in [9.17, 15) is 18.8 Å². The predicted molar refractivity (Wildman–Crippen MR) is 151 cm³/mol. The molecule has 2 amide bonds. The number of nitrogens with zero attached hydrogens (tertiary/aromatic N) is 2. The molecule has 2 aromatic rings. The number of likely N-dealkylation sites (N-methyl/N-ethyl adjacent to an activating group) is 1. The van der Waals surface area contributed by atoms with Crippen LogP contribution in [-0.2, 0) is 16.1 Å². The number of benzene rings is 2. The van der Waals surface area contributed by atoms with Crippen LogP contribution in [0.2, 0.25) is 0 Å². The summed E-state index contributed by atoms with van der Waals surface area (Å²) in [5, 5.41) is 6.07. The third-order valence-corrected chi connectivity index (χ3v) is 7.87. The number of para-hydroxylation sites is 1. The highest BCUT2D eigenvalue weighted by molar-refractivity contribution is 5.95. The maximum Gasteiger partial charge on any atom is 0.251 e. The van der Waals surface area contributed by atoms with Crippen LogP contribution in [-0.4, -0.2) is 61.3 Å². The van der Waals surface area contributed by atoms with Crippen molar-refractivity contribution in [3.63, 3.8) is 0 Å². The summed E-state index contributed by atoms with van der Waals surface area (Å²) in [4.78, 5) is 44.3. The number of carbonyl (C=O) groups is 3. The van der Waals surface area contributed by atoms with Gasteiger partial charge in [-0.15, -0.1) is 0 Å². The van der Waals surface area contributed by atoms with Crippen LogP contribution in [0.25, 0.3) is 0 Å². The monoisotopic (exact) mass is 536 g/mol. The number of rotatable bonds is 9. The van der Waals surface area contributed by atoms with Gasteiger partial charge in [0.1, 0.15) is 5.82 Å². The van der Waals surface area contributed by atoms with Crippen LogP contribution in [0.1, 0.15) is 61.9 Å². The molecule has 1 unspecified atom stereocenters. The molecule has 1 aliphatic carbocycles. The number of ketones is 1. The van der Waals surface area contributed by atoms with Crippen LogP contribution in [0, 0.1) is 17.7 Å². The molecule has 0 saturated heterocycles. The number of nitrogens with one attached hydrogen (secondary N) is 2. The fourth-order valence-corrected chi connectivity index (χ4v) is 5.71. The van der Waals surface area contributed by atoms with Crippen molar-refractivity contribution in [2.45, 2.75) is 64.6 Å². The lowest BCUT2D eigenvalue weighted by atomic mass is 9.83. The first-order valence-corrected chi connectivity index (χ1v) is 14.1. The van der Waals surface area contributed by atoms with Crippen LogP contribution in [0.3, 0.4) is 0 Å². The maximum absolute atomic E-state index is 13.6. The molecule has 4 rings (SSSR count). The lowest BCUT2D eigenvalue weighted by Gasteiger charge is -2.33. The molecule has 1 saturated carbocycles. The van der Waals surface area contributed by atoms with E-state index in [1.165, 1.54) is 35.5 Å². The quantitative estimate of drug-likeness (QED) is 0.503. The van der Waals surface area contributed by atoms with Gasteiger partial charge in [-0.25, -0.2) is 4.39 Å². The molecule has 8 heteroatoms. The minimum absolute atomic E-state index is 0.0155. The Balaban J connectivity index is 1.41. The molecular formula is C31H41FN4O3. The zero-order chi connectivity index (χ0) is 27.9. The normalized spacial score (nSPS) is 20.6. The van der Waals surface area contributed by atoms with Crippen LogP contribution in [0.15, 0.2) is 48.5 Å². The predicted octanol–water partition coefficient (Wildman–Crippen LogP) is 4.17. The van der Waals surface area contributed by atoms with Crippen LogP contribution < -0.4 is 15.5 Å². The number of anilines is 1. The molecule has 0 radical (unpaired) electrons. The van der Waals surface area contributed by atoms with E-state index in [4.69, 9.17) is 0 Å². The van der Waals surface area contributed by atoms with Gasteiger partial charge in [-0.3, -0.25) is 19.3 Å². The van der Waals surface area contributed by atoms with Crippen molar-refractivity contribution in [3.8, 4) is 0 Å². The summed E-state index contributed by atoms with van der Waals surface area (Å²) >= 11 is 0.